The molecular weight excluding hydrogens is 456 g/mol. The van der Waals surface area contributed by atoms with E-state index in [-0.39, 0.29) is 39.2 Å². The van der Waals surface area contributed by atoms with Crippen molar-refractivity contribution in [2.45, 2.75) is 42.9 Å². The zero-order valence-electron chi connectivity index (χ0n) is 17.2. The molecule has 172 valence electrons. The number of fused-ring (bicyclic) bond motifs is 2. The van der Waals surface area contributed by atoms with Crippen molar-refractivity contribution in [2.24, 2.45) is 14.1 Å². The van der Waals surface area contributed by atoms with Crippen LogP contribution in [-0.2, 0) is 23.9 Å². The number of aryl methyl sites for hydroxylation is 1. The minimum atomic E-state index is -4.85. The van der Waals surface area contributed by atoms with Gasteiger partial charge in [-0.1, -0.05) is 6.92 Å². The van der Waals surface area contributed by atoms with E-state index >= 15 is 0 Å². The standard InChI is InChI=1S/C19H18F4N4O4S/c1-4-32(28,29)17-14(25-15(27(17)3)9-5-6-9)16-24-10-7-12-13(8-11(10)26(16)2)31-19(22,23)18(20,21)30-12/h7-9H,4-6H2,1-3H3. The summed E-state index contributed by atoms with van der Waals surface area (Å²) < 4.78 is 91.4. The van der Waals surface area contributed by atoms with Gasteiger partial charge in [0.25, 0.3) is 0 Å². The van der Waals surface area contributed by atoms with Crippen molar-refractivity contribution >= 4 is 20.9 Å². The van der Waals surface area contributed by atoms with Crippen LogP contribution in [0.5, 0.6) is 11.5 Å². The normalized spacial score (nSPS) is 19.5. The topological polar surface area (TPSA) is 88.2 Å². The van der Waals surface area contributed by atoms with Gasteiger partial charge >= 0.3 is 12.2 Å². The van der Waals surface area contributed by atoms with Crippen LogP contribution in [0.3, 0.4) is 0 Å². The number of hydrogen-bond acceptors (Lipinski definition) is 6. The molecule has 13 heteroatoms. The predicted molar refractivity (Wildman–Crippen MR) is 104 cm³/mol. The summed E-state index contributed by atoms with van der Waals surface area (Å²) in [5, 5.41) is -0.00404. The van der Waals surface area contributed by atoms with Crippen LogP contribution in [0.25, 0.3) is 22.6 Å². The summed E-state index contributed by atoms with van der Waals surface area (Å²) in [6.45, 7) is 1.51. The van der Waals surface area contributed by atoms with Gasteiger partial charge in [-0.15, -0.1) is 0 Å². The highest BCUT2D eigenvalue weighted by molar-refractivity contribution is 7.91. The lowest BCUT2D eigenvalue weighted by Gasteiger charge is -2.31. The molecule has 2 aromatic heterocycles. The molecule has 0 spiro atoms. The molecule has 1 fully saturated rings. The van der Waals surface area contributed by atoms with Crippen molar-refractivity contribution in [2.75, 3.05) is 5.75 Å². The van der Waals surface area contributed by atoms with Gasteiger partial charge in [0.15, 0.2) is 32.2 Å². The monoisotopic (exact) mass is 474 g/mol. The quantitative estimate of drug-likeness (QED) is 0.537. The van der Waals surface area contributed by atoms with Crippen molar-refractivity contribution < 1.29 is 35.5 Å². The predicted octanol–water partition coefficient (Wildman–Crippen LogP) is 3.60. The summed E-state index contributed by atoms with van der Waals surface area (Å²) in [6, 6.07) is 2.15. The van der Waals surface area contributed by atoms with E-state index in [1.807, 2.05) is 0 Å². The first-order valence-corrected chi connectivity index (χ1v) is 11.5. The number of nitrogens with zero attached hydrogens (tertiary/aromatic N) is 4. The van der Waals surface area contributed by atoms with E-state index in [1.165, 1.54) is 11.5 Å². The smallest absolute Gasteiger partial charge is 0.421 e. The summed E-state index contributed by atoms with van der Waals surface area (Å²) in [4.78, 5) is 8.93. The molecule has 32 heavy (non-hydrogen) atoms. The third-order valence-corrected chi connectivity index (χ3v) is 7.48. The Morgan fingerprint density at radius 1 is 1.03 bits per heavy atom. The van der Waals surface area contributed by atoms with Crippen LogP contribution in [0.4, 0.5) is 17.6 Å². The van der Waals surface area contributed by atoms with Gasteiger partial charge in [-0.25, -0.2) is 18.4 Å². The molecule has 8 nitrogen and oxygen atoms in total. The fourth-order valence-electron chi connectivity index (χ4n) is 3.81. The molecule has 0 saturated heterocycles. The first kappa shape index (κ1) is 21.0. The van der Waals surface area contributed by atoms with E-state index in [1.54, 1.807) is 18.7 Å². The molecule has 0 N–H and O–H groups in total. The zero-order chi connectivity index (χ0) is 23.2. The van der Waals surface area contributed by atoms with Crippen LogP contribution in [0.15, 0.2) is 17.2 Å². The number of imidazole rings is 2. The molecule has 2 aliphatic rings. The summed E-state index contributed by atoms with van der Waals surface area (Å²) in [7, 11) is -0.526. The van der Waals surface area contributed by atoms with E-state index in [2.05, 4.69) is 19.4 Å². The molecule has 0 unspecified atom stereocenters. The van der Waals surface area contributed by atoms with Crippen LogP contribution in [0.1, 0.15) is 31.5 Å². The molecule has 1 aromatic carbocycles. The Morgan fingerprint density at radius 3 is 2.19 bits per heavy atom. The van der Waals surface area contributed by atoms with Crippen LogP contribution >= 0.6 is 0 Å². The Morgan fingerprint density at radius 2 is 1.62 bits per heavy atom. The number of ether oxygens (including phenoxy) is 2. The fourth-order valence-corrected chi connectivity index (χ4v) is 5.03. The molecule has 3 aromatic rings. The van der Waals surface area contributed by atoms with Crippen LogP contribution in [0, 0.1) is 0 Å². The molecule has 0 bridgehead atoms. The lowest BCUT2D eigenvalue weighted by atomic mass is 10.2. The molecule has 0 amide bonds. The van der Waals surface area contributed by atoms with Crippen molar-refractivity contribution in [1.29, 1.82) is 0 Å². The van der Waals surface area contributed by atoms with Gasteiger partial charge in [0.1, 0.15) is 11.5 Å². The van der Waals surface area contributed by atoms with Crippen molar-refractivity contribution in [3.05, 3.63) is 18.0 Å². The number of benzene rings is 1. The molecule has 1 aliphatic heterocycles. The number of sulfone groups is 1. The van der Waals surface area contributed by atoms with Gasteiger partial charge in [0.2, 0.25) is 0 Å². The summed E-state index contributed by atoms with van der Waals surface area (Å²) in [6.07, 6.45) is -7.92. The summed E-state index contributed by atoms with van der Waals surface area (Å²) in [5.41, 5.74) is 0.497. The summed E-state index contributed by atoms with van der Waals surface area (Å²) >= 11 is 0. The Kier molecular flexibility index (Phi) is 4.18. The van der Waals surface area contributed by atoms with Crippen LogP contribution < -0.4 is 9.47 Å². The van der Waals surface area contributed by atoms with Crippen LogP contribution in [0.2, 0.25) is 0 Å². The molecule has 0 radical (unpaired) electrons. The second-order valence-corrected chi connectivity index (χ2v) is 10.1. The summed E-state index contributed by atoms with van der Waals surface area (Å²) in [5.74, 6) is -0.427. The second-order valence-electron chi connectivity index (χ2n) is 7.88. The van der Waals surface area contributed by atoms with Crippen molar-refractivity contribution in [3.63, 3.8) is 0 Å². The van der Waals surface area contributed by atoms with Gasteiger partial charge in [-0.2, -0.15) is 17.6 Å². The third kappa shape index (κ3) is 2.90. The number of rotatable bonds is 4. The van der Waals surface area contributed by atoms with E-state index < -0.39 is 33.6 Å². The Hall–Kier alpha value is -2.83. The lowest BCUT2D eigenvalue weighted by molar-refractivity contribution is -0.391. The maximum atomic E-state index is 13.6. The average Bonchev–Trinajstić information content (AvgIpc) is 3.41. The van der Waals surface area contributed by atoms with Crippen molar-refractivity contribution in [3.8, 4) is 23.0 Å². The molecule has 0 atom stereocenters. The van der Waals surface area contributed by atoms with Crippen LogP contribution in [-0.4, -0.2) is 45.5 Å². The van der Waals surface area contributed by atoms with E-state index in [0.717, 1.165) is 25.0 Å². The largest absolute Gasteiger partial charge is 0.507 e. The molecule has 1 aliphatic carbocycles. The molecular formula is C19H18F4N4O4S. The first-order valence-electron chi connectivity index (χ1n) is 9.80. The fraction of sp³-hybridized carbons (Fsp3) is 0.474. The number of hydrogen-bond donors (Lipinski definition) is 0. The highest BCUT2D eigenvalue weighted by Crippen LogP contribution is 2.48. The molecule has 1 saturated carbocycles. The second kappa shape index (κ2) is 6.36. The highest BCUT2D eigenvalue weighted by atomic mass is 32.2. The molecule has 3 heterocycles. The van der Waals surface area contributed by atoms with Gasteiger partial charge < -0.3 is 18.6 Å². The minimum Gasteiger partial charge on any atom is -0.421 e. The highest BCUT2D eigenvalue weighted by Gasteiger charge is 2.66. The van der Waals surface area contributed by atoms with E-state index in [4.69, 9.17) is 0 Å². The van der Waals surface area contributed by atoms with Gasteiger partial charge in [-0.3, -0.25) is 0 Å². The SMILES string of the molecule is CCS(=O)(=O)c1c(-c2nc3cc4c(cc3n2C)OC(F)(F)C(F)(F)O4)nc(C2CC2)n1C. The molecule has 5 rings (SSSR count). The number of alkyl halides is 4. The zero-order valence-corrected chi connectivity index (χ0v) is 18.0. The van der Waals surface area contributed by atoms with E-state index in [9.17, 15) is 26.0 Å². The maximum Gasteiger partial charge on any atom is 0.507 e. The third-order valence-electron chi connectivity index (χ3n) is 5.67. The van der Waals surface area contributed by atoms with Gasteiger partial charge in [-0.05, 0) is 12.8 Å². The number of halogens is 4. The Labute approximate surface area is 179 Å². The maximum absolute atomic E-state index is 13.6. The van der Waals surface area contributed by atoms with Crippen molar-refractivity contribution in [1.82, 2.24) is 19.1 Å². The van der Waals surface area contributed by atoms with Gasteiger partial charge in [0, 0.05) is 32.1 Å². The van der Waals surface area contributed by atoms with E-state index in [0.29, 0.717) is 5.82 Å². The Bertz CT molecular complexity index is 1380. The minimum absolute atomic E-state index is 0.00404. The Balaban J connectivity index is 1.72. The first-order chi connectivity index (χ1) is 14.9. The lowest BCUT2D eigenvalue weighted by Crippen LogP contribution is -2.52. The van der Waals surface area contributed by atoms with Gasteiger partial charge in [0.05, 0.1) is 16.8 Å². The number of aromatic nitrogens is 4. The average molecular weight is 474 g/mol.